The summed E-state index contributed by atoms with van der Waals surface area (Å²) in [5.41, 5.74) is 1.30. The summed E-state index contributed by atoms with van der Waals surface area (Å²) >= 11 is 0. The highest BCUT2D eigenvalue weighted by Gasteiger charge is 2.20. The topological polar surface area (TPSA) is 29.9 Å². The fourth-order valence-corrected chi connectivity index (χ4v) is 2.01. The molecule has 19 heavy (non-hydrogen) atoms. The van der Waals surface area contributed by atoms with Crippen LogP contribution >= 0.6 is 0 Å². The van der Waals surface area contributed by atoms with Crippen molar-refractivity contribution in [2.24, 2.45) is 0 Å². The molecule has 1 aliphatic carbocycles. The zero-order valence-corrected chi connectivity index (χ0v) is 10.4. The predicted molar refractivity (Wildman–Crippen MR) is 67.5 cm³/mol. The van der Waals surface area contributed by atoms with Gasteiger partial charge in [-0.3, -0.25) is 4.68 Å². The molecule has 0 unspecified atom stereocenters. The van der Waals surface area contributed by atoms with Gasteiger partial charge in [0.15, 0.2) is 0 Å². The van der Waals surface area contributed by atoms with Crippen LogP contribution in [0.3, 0.4) is 0 Å². The van der Waals surface area contributed by atoms with Crippen LogP contribution in [0.2, 0.25) is 0 Å². The average Bonchev–Trinajstić information content (AvgIpc) is 3.12. The van der Waals surface area contributed by atoms with E-state index in [-0.39, 0.29) is 6.54 Å². The molecule has 100 valence electrons. The summed E-state index contributed by atoms with van der Waals surface area (Å²) in [6.07, 6.45) is 4.11. The minimum Gasteiger partial charge on any atom is -0.308 e. The third-order valence-corrected chi connectivity index (χ3v) is 3.28. The molecule has 1 heterocycles. The Hall–Kier alpha value is -1.75. The Morgan fingerprint density at radius 2 is 2.11 bits per heavy atom. The molecule has 0 saturated heterocycles. The van der Waals surface area contributed by atoms with E-state index in [1.807, 2.05) is 6.07 Å². The van der Waals surface area contributed by atoms with Crippen LogP contribution in [-0.4, -0.2) is 15.8 Å². The van der Waals surface area contributed by atoms with Crippen molar-refractivity contribution in [3.8, 4) is 0 Å². The lowest BCUT2D eigenvalue weighted by Gasteiger charge is -2.09. The van der Waals surface area contributed by atoms with E-state index in [1.165, 1.54) is 18.9 Å². The second-order valence-corrected chi connectivity index (χ2v) is 4.87. The third-order valence-electron chi connectivity index (χ3n) is 3.28. The number of hydrogen-bond donors (Lipinski definition) is 1. The van der Waals surface area contributed by atoms with Gasteiger partial charge in [0.25, 0.3) is 0 Å². The zero-order chi connectivity index (χ0) is 13.2. The van der Waals surface area contributed by atoms with Crippen LogP contribution in [-0.2, 0) is 13.1 Å². The van der Waals surface area contributed by atoms with Gasteiger partial charge < -0.3 is 5.32 Å². The molecule has 3 rings (SSSR count). The molecule has 3 nitrogen and oxygen atoms in total. The molecule has 0 spiro atoms. The average molecular weight is 263 g/mol. The Labute approximate surface area is 110 Å². The summed E-state index contributed by atoms with van der Waals surface area (Å²) in [7, 11) is 0. The van der Waals surface area contributed by atoms with E-state index in [4.69, 9.17) is 0 Å². The van der Waals surface area contributed by atoms with Crippen molar-refractivity contribution in [1.29, 1.82) is 0 Å². The highest BCUT2D eigenvalue weighted by atomic mass is 19.1. The Bertz CT molecular complexity index is 576. The first kappa shape index (κ1) is 12.3. The Kier molecular flexibility index (Phi) is 3.29. The van der Waals surface area contributed by atoms with Gasteiger partial charge in [-0.25, -0.2) is 8.78 Å². The highest BCUT2D eigenvalue weighted by Crippen LogP contribution is 2.19. The lowest BCUT2D eigenvalue weighted by molar-refractivity contribution is 0.549. The molecule has 1 fully saturated rings. The first-order chi connectivity index (χ1) is 9.22. The van der Waals surface area contributed by atoms with Crippen molar-refractivity contribution in [2.75, 3.05) is 0 Å². The summed E-state index contributed by atoms with van der Waals surface area (Å²) in [6, 6.07) is 5.99. The van der Waals surface area contributed by atoms with E-state index in [0.29, 0.717) is 18.2 Å². The van der Waals surface area contributed by atoms with E-state index in [1.54, 1.807) is 10.9 Å². The number of hydrogen-bond acceptors (Lipinski definition) is 2. The molecule has 1 aliphatic rings. The van der Waals surface area contributed by atoms with Gasteiger partial charge in [0.1, 0.15) is 11.6 Å². The minimum absolute atomic E-state index is 0.248. The van der Waals surface area contributed by atoms with Crippen LogP contribution in [0, 0.1) is 11.6 Å². The molecule has 0 amide bonds. The number of aromatic nitrogens is 2. The van der Waals surface area contributed by atoms with Crippen molar-refractivity contribution in [3.05, 3.63) is 53.4 Å². The molecular weight excluding hydrogens is 248 g/mol. The van der Waals surface area contributed by atoms with Crippen molar-refractivity contribution in [2.45, 2.75) is 32.0 Å². The summed E-state index contributed by atoms with van der Waals surface area (Å²) in [4.78, 5) is 0. The third kappa shape index (κ3) is 2.98. The first-order valence-electron chi connectivity index (χ1n) is 6.40. The summed E-state index contributed by atoms with van der Waals surface area (Å²) < 4.78 is 28.4. The predicted octanol–water partition coefficient (Wildman–Crippen LogP) is 2.46. The Morgan fingerprint density at radius 1 is 1.26 bits per heavy atom. The summed E-state index contributed by atoms with van der Waals surface area (Å²) in [5, 5.41) is 7.55. The van der Waals surface area contributed by atoms with E-state index < -0.39 is 11.6 Å². The first-order valence-corrected chi connectivity index (χ1v) is 6.40. The number of benzene rings is 1. The van der Waals surface area contributed by atoms with Crippen molar-refractivity contribution < 1.29 is 8.78 Å². The lowest BCUT2D eigenvalue weighted by atomic mass is 10.2. The van der Waals surface area contributed by atoms with Crippen LogP contribution in [0.1, 0.15) is 24.1 Å². The molecule has 1 aromatic heterocycles. The van der Waals surface area contributed by atoms with Gasteiger partial charge in [0.05, 0.1) is 12.2 Å². The minimum atomic E-state index is -0.429. The molecule has 0 atom stereocenters. The van der Waals surface area contributed by atoms with Crippen molar-refractivity contribution >= 4 is 0 Å². The van der Waals surface area contributed by atoms with Crippen LogP contribution in [0.5, 0.6) is 0 Å². The lowest BCUT2D eigenvalue weighted by Crippen LogP contribution is -2.19. The van der Waals surface area contributed by atoms with Gasteiger partial charge in [-0.2, -0.15) is 5.10 Å². The molecule has 0 aliphatic heterocycles. The maximum atomic E-state index is 13.6. The fourth-order valence-electron chi connectivity index (χ4n) is 2.01. The monoisotopic (exact) mass is 263 g/mol. The SMILES string of the molecule is Fc1ccc(F)c(Cn2nccc2CNC2CC2)c1. The summed E-state index contributed by atoms with van der Waals surface area (Å²) in [5.74, 6) is -0.834. The van der Waals surface area contributed by atoms with Crippen molar-refractivity contribution in [1.82, 2.24) is 15.1 Å². The van der Waals surface area contributed by atoms with E-state index >= 15 is 0 Å². The second-order valence-electron chi connectivity index (χ2n) is 4.87. The maximum Gasteiger partial charge on any atom is 0.128 e. The number of nitrogens with one attached hydrogen (secondary N) is 1. The van der Waals surface area contributed by atoms with E-state index in [0.717, 1.165) is 17.8 Å². The Morgan fingerprint density at radius 3 is 2.89 bits per heavy atom. The van der Waals surface area contributed by atoms with Gasteiger partial charge >= 0.3 is 0 Å². The fraction of sp³-hybridized carbons (Fsp3) is 0.357. The standard InChI is InChI=1S/C14H15F2N3/c15-11-1-4-14(16)10(7-11)9-19-13(5-6-18-19)8-17-12-2-3-12/h1,4-7,12,17H,2-3,8-9H2. The number of rotatable bonds is 5. The smallest absolute Gasteiger partial charge is 0.128 e. The largest absolute Gasteiger partial charge is 0.308 e. The molecular formula is C14H15F2N3. The van der Waals surface area contributed by atoms with E-state index in [9.17, 15) is 8.78 Å². The number of nitrogens with zero attached hydrogens (tertiary/aromatic N) is 2. The van der Waals surface area contributed by atoms with Gasteiger partial charge in [-0.05, 0) is 37.1 Å². The molecule has 1 N–H and O–H groups in total. The second kappa shape index (κ2) is 5.09. The van der Waals surface area contributed by atoms with Gasteiger partial charge in [-0.15, -0.1) is 0 Å². The molecule has 0 radical (unpaired) electrons. The highest BCUT2D eigenvalue weighted by molar-refractivity contribution is 5.19. The van der Waals surface area contributed by atoms with Crippen LogP contribution in [0.4, 0.5) is 8.78 Å². The maximum absolute atomic E-state index is 13.6. The van der Waals surface area contributed by atoms with E-state index in [2.05, 4.69) is 10.4 Å². The normalized spacial score (nSPS) is 14.8. The molecule has 1 saturated carbocycles. The molecule has 1 aromatic carbocycles. The van der Waals surface area contributed by atoms with Crippen molar-refractivity contribution in [3.63, 3.8) is 0 Å². The quantitative estimate of drug-likeness (QED) is 0.898. The molecule has 2 aromatic rings. The van der Waals surface area contributed by atoms with Crippen LogP contribution in [0.25, 0.3) is 0 Å². The van der Waals surface area contributed by atoms with Gasteiger partial charge in [0.2, 0.25) is 0 Å². The van der Waals surface area contributed by atoms with Gasteiger partial charge in [-0.1, -0.05) is 0 Å². The molecule has 0 bridgehead atoms. The number of halogens is 2. The summed E-state index contributed by atoms with van der Waals surface area (Å²) in [6.45, 7) is 0.958. The molecule has 5 heteroatoms. The zero-order valence-electron chi connectivity index (χ0n) is 10.4. The van der Waals surface area contributed by atoms with Gasteiger partial charge in [0, 0.05) is 24.3 Å². The Balaban J connectivity index is 1.74. The van der Waals surface area contributed by atoms with Crippen LogP contribution < -0.4 is 5.32 Å². The van der Waals surface area contributed by atoms with Crippen LogP contribution in [0.15, 0.2) is 30.5 Å².